The number of anilines is 2. The number of rotatable bonds is 6. The highest BCUT2D eigenvalue weighted by atomic mass is 35.5. The molecule has 1 N–H and O–H groups in total. The lowest BCUT2D eigenvalue weighted by atomic mass is 9.49. The molecule has 0 unspecified atom stereocenters. The number of phenols is 1. The van der Waals surface area contributed by atoms with Gasteiger partial charge in [0, 0.05) is 10.9 Å². The number of methoxy groups -OCH3 is 1. The molecular weight excluding hydrogens is 652 g/mol. The van der Waals surface area contributed by atoms with E-state index in [1.807, 2.05) is 48.5 Å². The van der Waals surface area contributed by atoms with Gasteiger partial charge in [-0.25, -0.2) is 4.90 Å². The second-order valence-corrected chi connectivity index (χ2v) is 13.8. The summed E-state index contributed by atoms with van der Waals surface area (Å²) in [5.74, 6) is -4.78. The first-order chi connectivity index (χ1) is 24.2. The molecule has 50 heavy (non-hydrogen) atoms. The number of allylic oxidation sites excluding steroid dienone is 2. The summed E-state index contributed by atoms with van der Waals surface area (Å²) in [6.07, 6.45) is 4.17. The maximum Gasteiger partial charge on any atom is 0.246 e. The molecule has 2 aliphatic heterocycles. The van der Waals surface area contributed by atoms with Gasteiger partial charge in [0.05, 0.1) is 41.7 Å². The fourth-order valence-corrected chi connectivity index (χ4v) is 9.19. The lowest BCUT2D eigenvalue weighted by molar-refractivity contribution is -0.127. The molecule has 6 atom stereocenters. The molecular formula is C41H33ClN2O6. The van der Waals surface area contributed by atoms with Gasteiger partial charge in [-0.05, 0) is 77.9 Å². The zero-order valence-corrected chi connectivity index (χ0v) is 27.9. The number of ether oxygens (including phenoxy) is 1. The molecule has 8 rings (SSSR count). The van der Waals surface area contributed by atoms with E-state index in [2.05, 4.69) is 6.58 Å². The summed E-state index contributed by atoms with van der Waals surface area (Å²) in [6, 6.07) is 28.0. The molecule has 4 aromatic carbocycles. The minimum atomic E-state index is -1.43. The third kappa shape index (κ3) is 4.44. The van der Waals surface area contributed by atoms with Gasteiger partial charge in [-0.2, -0.15) is 0 Å². The Morgan fingerprint density at radius 1 is 0.840 bits per heavy atom. The molecule has 0 aromatic heterocycles. The van der Waals surface area contributed by atoms with E-state index in [4.69, 9.17) is 16.3 Å². The standard InChI is InChI=1S/C41H33ClN2O6/c1-3-23-12-15-27(16-13-23)43-37(46)30-18-17-29-31(35(30)39(43)48)22-32-38(47)44(28-11-7-10-26(42)21-28)40(49)41(32,25-8-5-4-6-9-25)36(29)24-14-19-33(45)34(20-24)50-2/h3-17,19-21,30-32,35-36,45H,1,18,22H2,2H3/t30-,31+,32-,35-,36-,41+/m0/s1. The molecule has 9 heteroatoms. The molecule has 4 amide bonds. The number of imide groups is 2. The van der Waals surface area contributed by atoms with Crippen molar-refractivity contribution in [1.82, 2.24) is 0 Å². The second kappa shape index (κ2) is 11.8. The van der Waals surface area contributed by atoms with Crippen LogP contribution in [0.3, 0.4) is 0 Å². The summed E-state index contributed by atoms with van der Waals surface area (Å²) in [5, 5.41) is 11.0. The molecule has 3 fully saturated rings. The van der Waals surface area contributed by atoms with Crippen molar-refractivity contribution in [3.05, 3.63) is 137 Å². The van der Waals surface area contributed by atoms with Crippen molar-refractivity contribution in [3.63, 3.8) is 0 Å². The monoisotopic (exact) mass is 684 g/mol. The number of phenolic OH excluding ortho intramolecular Hbond substituents is 1. The van der Waals surface area contributed by atoms with Crippen molar-refractivity contribution in [2.45, 2.75) is 24.2 Å². The number of halogens is 1. The molecule has 1 saturated carbocycles. The van der Waals surface area contributed by atoms with E-state index in [1.165, 1.54) is 23.0 Å². The third-order valence-corrected chi connectivity index (χ3v) is 11.3. The Kier molecular flexibility index (Phi) is 7.53. The van der Waals surface area contributed by atoms with Crippen LogP contribution in [0.1, 0.15) is 35.4 Å². The predicted molar refractivity (Wildman–Crippen MR) is 190 cm³/mol. The molecule has 0 bridgehead atoms. The zero-order chi connectivity index (χ0) is 34.9. The van der Waals surface area contributed by atoms with Gasteiger partial charge in [-0.1, -0.05) is 90.5 Å². The molecule has 4 aliphatic rings. The van der Waals surface area contributed by atoms with Gasteiger partial charge in [-0.3, -0.25) is 24.1 Å². The van der Waals surface area contributed by atoms with Crippen molar-refractivity contribution in [3.8, 4) is 11.5 Å². The van der Waals surface area contributed by atoms with Gasteiger partial charge in [-0.15, -0.1) is 0 Å². The Morgan fingerprint density at radius 3 is 2.30 bits per heavy atom. The van der Waals surface area contributed by atoms with Crippen LogP contribution < -0.4 is 14.5 Å². The number of carbonyl (C=O) groups is 4. The number of carbonyl (C=O) groups excluding carboxylic acids is 4. The Bertz CT molecular complexity index is 2130. The maximum atomic E-state index is 15.3. The van der Waals surface area contributed by atoms with Gasteiger partial charge in [0.1, 0.15) is 0 Å². The van der Waals surface area contributed by atoms with Crippen LogP contribution in [0.15, 0.2) is 115 Å². The van der Waals surface area contributed by atoms with E-state index < -0.39 is 46.8 Å². The SMILES string of the molecule is C=Cc1ccc(N2C(=O)[C@H]3[C@H](CC=C4[C@H]3C[C@H]3C(=O)N(c5cccc(Cl)c5)C(=O)[C@@]3(c3ccccc3)[C@H]4c3ccc(O)c(OC)c3)C2=O)cc1. The average molecular weight is 685 g/mol. The average Bonchev–Trinajstić information content (AvgIpc) is 3.53. The summed E-state index contributed by atoms with van der Waals surface area (Å²) in [4.78, 5) is 61.2. The van der Waals surface area contributed by atoms with Gasteiger partial charge in [0.15, 0.2) is 11.5 Å². The fraction of sp³-hybridized carbons (Fsp3) is 0.220. The second-order valence-electron chi connectivity index (χ2n) is 13.3. The van der Waals surface area contributed by atoms with E-state index in [9.17, 15) is 19.5 Å². The number of nitrogens with zero attached hydrogens (tertiary/aromatic N) is 2. The van der Waals surface area contributed by atoms with Gasteiger partial charge < -0.3 is 9.84 Å². The number of amides is 4. The van der Waals surface area contributed by atoms with Crippen LogP contribution in [0.2, 0.25) is 5.02 Å². The van der Waals surface area contributed by atoms with Crippen LogP contribution in [-0.4, -0.2) is 35.8 Å². The van der Waals surface area contributed by atoms with Gasteiger partial charge in [0.25, 0.3) is 0 Å². The quantitative estimate of drug-likeness (QED) is 0.172. The van der Waals surface area contributed by atoms with Gasteiger partial charge >= 0.3 is 0 Å². The highest BCUT2D eigenvalue weighted by Gasteiger charge is 2.70. The first kappa shape index (κ1) is 31.8. The van der Waals surface area contributed by atoms with Crippen molar-refractivity contribution < 1.29 is 29.0 Å². The Balaban J connectivity index is 1.35. The summed E-state index contributed by atoms with van der Waals surface area (Å²) < 4.78 is 5.54. The van der Waals surface area contributed by atoms with E-state index >= 15 is 4.79 Å². The summed E-state index contributed by atoms with van der Waals surface area (Å²) in [5.41, 5.74) is 2.39. The molecule has 0 radical (unpaired) electrons. The Hall–Kier alpha value is -5.47. The van der Waals surface area contributed by atoms with Crippen molar-refractivity contribution in [2.24, 2.45) is 23.7 Å². The molecule has 250 valence electrons. The number of hydrogen-bond donors (Lipinski definition) is 1. The zero-order valence-electron chi connectivity index (χ0n) is 27.2. The Morgan fingerprint density at radius 2 is 1.60 bits per heavy atom. The topological polar surface area (TPSA) is 104 Å². The smallest absolute Gasteiger partial charge is 0.246 e. The fourth-order valence-electron chi connectivity index (χ4n) is 9.01. The first-order valence-corrected chi connectivity index (χ1v) is 16.9. The van der Waals surface area contributed by atoms with E-state index in [1.54, 1.807) is 54.6 Å². The maximum absolute atomic E-state index is 15.3. The van der Waals surface area contributed by atoms with E-state index in [-0.39, 0.29) is 29.7 Å². The van der Waals surface area contributed by atoms with E-state index in [0.29, 0.717) is 33.9 Å². The first-order valence-electron chi connectivity index (χ1n) is 16.6. The summed E-state index contributed by atoms with van der Waals surface area (Å²) >= 11 is 6.39. The third-order valence-electron chi connectivity index (χ3n) is 11.1. The minimum absolute atomic E-state index is 0.0735. The number of fused-ring (bicyclic) bond motifs is 4. The lowest BCUT2D eigenvalue weighted by Gasteiger charge is -2.50. The predicted octanol–water partition coefficient (Wildman–Crippen LogP) is 7.06. The van der Waals surface area contributed by atoms with Crippen molar-refractivity contribution in [2.75, 3.05) is 16.9 Å². The molecule has 0 spiro atoms. The highest BCUT2D eigenvalue weighted by Crippen LogP contribution is 2.64. The van der Waals surface area contributed by atoms with Gasteiger partial charge in [0.2, 0.25) is 23.6 Å². The van der Waals surface area contributed by atoms with Crippen molar-refractivity contribution >= 4 is 52.7 Å². The van der Waals surface area contributed by atoms with Crippen LogP contribution in [0.25, 0.3) is 6.08 Å². The lowest BCUT2D eigenvalue weighted by Crippen LogP contribution is -2.53. The van der Waals surface area contributed by atoms with E-state index in [0.717, 1.165) is 11.1 Å². The number of aromatic hydroxyl groups is 1. The molecule has 2 saturated heterocycles. The Labute approximate surface area is 294 Å². The number of benzene rings is 4. The van der Waals surface area contributed by atoms with Crippen LogP contribution in [0, 0.1) is 23.7 Å². The number of hydrogen-bond acceptors (Lipinski definition) is 6. The van der Waals surface area contributed by atoms with Crippen molar-refractivity contribution in [1.29, 1.82) is 0 Å². The van der Waals surface area contributed by atoms with Crippen LogP contribution >= 0.6 is 11.6 Å². The summed E-state index contributed by atoms with van der Waals surface area (Å²) in [7, 11) is 1.45. The largest absolute Gasteiger partial charge is 0.504 e. The molecule has 8 nitrogen and oxygen atoms in total. The normalized spacial score (nSPS) is 27.1. The minimum Gasteiger partial charge on any atom is -0.504 e. The van der Waals surface area contributed by atoms with Crippen LogP contribution in [0.5, 0.6) is 11.5 Å². The summed E-state index contributed by atoms with van der Waals surface area (Å²) in [6.45, 7) is 3.80. The molecule has 2 aliphatic carbocycles. The molecule has 4 aromatic rings. The molecule has 2 heterocycles. The van der Waals surface area contributed by atoms with Crippen LogP contribution in [0.4, 0.5) is 11.4 Å². The highest BCUT2D eigenvalue weighted by molar-refractivity contribution is 6.32. The van der Waals surface area contributed by atoms with Crippen LogP contribution in [-0.2, 0) is 24.6 Å².